The number of likely N-dealkylation sites (tertiary alicyclic amines) is 1. The minimum atomic E-state index is -1.26. The number of carboxylic acid groups (broad SMARTS) is 2. The van der Waals surface area contributed by atoms with Crippen molar-refractivity contribution in [2.24, 2.45) is 5.92 Å². The Morgan fingerprint density at radius 2 is 1.38 bits per heavy atom. The van der Waals surface area contributed by atoms with E-state index in [9.17, 15) is 24.0 Å². The van der Waals surface area contributed by atoms with Crippen LogP contribution in [0.2, 0.25) is 0 Å². The standard InChI is InChI=1S/C38H46N2O5.C4H4O4/c1-3-44-37(42)33(23-22-28-14-7-4-8-15-28)39-27(2)36(41)40-34-21-13-20-31(34)26-35(40)38(43)45-25-24-32(29-16-9-5-10-17-29)30-18-11-6-12-19-30;5-3(6)1-2-4(7)8/h4-12,14-19,27,31-35,39H,3,13,20-26H2,1-2H3;1-2H,(H,5,6)(H,7,8)/b;2-1-/t27?,31-,33?,34-,35-;/m0./s1. The predicted octanol–water partition coefficient (Wildman–Crippen LogP) is 5.78. The highest BCUT2D eigenvalue weighted by Crippen LogP contribution is 2.42. The van der Waals surface area contributed by atoms with Crippen LogP contribution in [0.5, 0.6) is 0 Å². The van der Waals surface area contributed by atoms with Gasteiger partial charge in [0.2, 0.25) is 5.91 Å². The number of carboxylic acids is 2. The first-order chi connectivity index (χ1) is 25.6. The maximum absolute atomic E-state index is 14.0. The maximum atomic E-state index is 14.0. The van der Waals surface area contributed by atoms with Crippen molar-refractivity contribution < 1.29 is 43.7 Å². The zero-order valence-electron chi connectivity index (χ0n) is 30.3. The molecule has 2 unspecified atom stereocenters. The Balaban J connectivity index is 0.000000703. The van der Waals surface area contributed by atoms with Crippen molar-refractivity contribution in [1.82, 2.24) is 10.2 Å². The molecular formula is C42H50N2O9. The number of rotatable bonds is 16. The summed E-state index contributed by atoms with van der Waals surface area (Å²) in [4.78, 5) is 61.5. The topological polar surface area (TPSA) is 160 Å². The molecule has 3 aromatic carbocycles. The van der Waals surface area contributed by atoms with Crippen molar-refractivity contribution in [2.45, 2.75) is 88.9 Å². The highest BCUT2D eigenvalue weighted by Gasteiger charge is 2.50. The molecule has 1 saturated heterocycles. The second-order valence-electron chi connectivity index (χ2n) is 13.3. The highest BCUT2D eigenvalue weighted by molar-refractivity contribution is 5.90. The SMILES string of the molecule is CCOC(=O)C(CCc1ccccc1)NC(C)C(=O)N1[C@H](C(=O)OCCC(c2ccccc2)c2ccccc2)C[C@@H]2CCC[C@@H]21.O=C(O)/C=C\C(=O)O. The van der Waals surface area contributed by atoms with Gasteiger partial charge in [-0.3, -0.25) is 14.9 Å². The Hall–Kier alpha value is -5.29. The number of benzene rings is 3. The van der Waals surface area contributed by atoms with E-state index in [1.54, 1.807) is 18.7 Å². The Bertz CT molecular complexity index is 1610. The maximum Gasteiger partial charge on any atom is 0.328 e. The molecule has 282 valence electrons. The van der Waals surface area contributed by atoms with Crippen LogP contribution in [-0.4, -0.2) is 82.3 Å². The van der Waals surface area contributed by atoms with Gasteiger partial charge in [0.1, 0.15) is 12.1 Å². The predicted molar refractivity (Wildman–Crippen MR) is 199 cm³/mol. The molecule has 53 heavy (non-hydrogen) atoms. The Morgan fingerprint density at radius 1 is 0.811 bits per heavy atom. The molecule has 5 atom stereocenters. The number of carbonyl (C=O) groups excluding carboxylic acids is 3. The van der Waals surface area contributed by atoms with Crippen LogP contribution in [0.1, 0.15) is 75.0 Å². The van der Waals surface area contributed by atoms with Gasteiger partial charge >= 0.3 is 23.9 Å². The Labute approximate surface area is 311 Å². The lowest BCUT2D eigenvalue weighted by atomic mass is 9.89. The third-order valence-corrected chi connectivity index (χ3v) is 9.75. The summed E-state index contributed by atoms with van der Waals surface area (Å²) in [6.45, 7) is 4.10. The number of aliphatic carboxylic acids is 2. The summed E-state index contributed by atoms with van der Waals surface area (Å²) in [7, 11) is 0. The zero-order chi connectivity index (χ0) is 38.2. The second-order valence-corrected chi connectivity index (χ2v) is 13.3. The molecular weight excluding hydrogens is 676 g/mol. The second kappa shape index (κ2) is 20.7. The number of esters is 2. The summed E-state index contributed by atoms with van der Waals surface area (Å²) in [6.07, 6.45) is 6.49. The van der Waals surface area contributed by atoms with E-state index in [1.807, 2.05) is 66.7 Å². The van der Waals surface area contributed by atoms with E-state index in [4.69, 9.17) is 19.7 Å². The number of fused-ring (bicyclic) bond motifs is 1. The molecule has 5 rings (SSSR count). The van der Waals surface area contributed by atoms with E-state index in [0.29, 0.717) is 43.8 Å². The molecule has 2 aliphatic rings. The van der Waals surface area contributed by atoms with Gasteiger partial charge in [-0.15, -0.1) is 0 Å². The van der Waals surface area contributed by atoms with Crippen LogP contribution in [0.3, 0.4) is 0 Å². The molecule has 2 fully saturated rings. The molecule has 3 N–H and O–H groups in total. The molecule has 1 amide bonds. The van der Waals surface area contributed by atoms with Gasteiger partial charge in [0.05, 0.1) is 19.3 Å². The molecule has 0 aromatic heterocycles. The molecule has 1 aliphatic heterocycles. The summed E-state index contributed by atoms with van der Waals surface area (Å²) in [6, 6.07) is 28.6. The van der Waals surface area contributed by atoms with Crippen LogP contribution in [-0.2, 0) is 39.9 Å². The van der Waals surface area contributed by atoms with Crippen LogP contribution in [0.15, 0.2) is 103 Å². The van der Waals surface area contributed by atoms with E-state index in [1.165, 1.54) is 11.1 Å². The first-order valence-electron chi connectivity index (χ1n) is 18.3. The largest absolute Gasteiger partial charge is 0.478 e. The van der Waals surface area contributed by atoms with Crippen LogP contribution in [0.4, 0.5) is 0 Å². The van der Waals surface area contributed by atoms with E-state index in [2.05, 4.69) is 29.6 Å². The number of amides is 1. The molecule has 1 heterocycles. The van der Waals surface area contributed by atoms with Crippen molar-refractivity contribution in [1.29, 1.82) is 0 Å². The van der Waals surface area contributed by atoms with Gasteiger partial charge in [0.15, 0.2) is 0 Å². The molecule has 3 aromatic rings. The number of carbonyl (C=O) groups is 5. The van der Waals surface area contributed by atoms with Gasteiger partial charge in [0.25, 0.3) is 0 Å². The third kappa shape index (κ3) is 12.1. The van der Waals surface area contributed by atoms with Crippen molar-refractivity contribution >= 4 is 29.8 Å². The molecule has 0 bridgehead atoms. The molecule has 1 aliphatic carbocycles. The molecule has 1 saturated carbocycles. The highest BCUT2D eigenvalue weighted by atomic mass is 16.5. The normalized spacial score (nSPS) is 18.8. The van der Waals surface area contributed by atoms with E-state index >= 15 is 0 Å². The van der Waals surface area contributed by atoms with Gasteiger partial charge in [-0.2, -0.15) is 0 Å². The van der Waals surface area contributed by atoms with Crippen LogP contribution in [0.25, 0.3) is 0 Å². The van der Waals surface area contributed by atoms with Crippen LogP contribution in [0, 0.1) is 5.92 Å². The van der Waals surface area contributed by atoms with Gasteiger partial charge in [-0.25, -0.2) is 14.4 Å². The fourth-order valence-corrected chi connectivity index (χ4v) is 7.29. The lowest BCUT2D eigenvalue weighted by molar-refractivity contribution is -0.156. The molecule has 11 nitrogen and oxygen atoms in total. The van der Waals surface area contributed by atoms with Gasteiger partial charge in [0, 0.05) is 24.1 Å². The number of hydrogen-bond donors (Lipinski definition) is 3. The minimum absolute atomic E-state index is 0.0195. The average Bonchev–Trinajstić information content (AvgIpc) is 3.77. The zero-order valence-corrected chi connectivity index (χ0v) is 30.3. The number of nitrogens with one attached hydrogen (secondary N) is 1. The van der Waals surface area contributed by atoms with Crippen molar-refractivity contribution in [2.75, 3.05) is 13.2 Å². The minimum Gasteiger partial charge on any atom is -0.478 e. The number of ether oxygens (including phenoxy) is 2. The summed E-state index contributed by atoms with van der Waals surface area (Å²) in [5.74, 6) is -2.99. The third-order valence-electron chi connectivity index (χ3n) is 9.75. The summed E-state index contributed by atoms with van der Waals surface area (Å²) in [5, 5.41) is 18.9. The first kappa shape index (κ1) is 40.5. The van der Waals surface area contributed by atoms with E-state index in [-0.39, 0.29) is 43.0 Å². The van der Waals surface area contributed by atoms with Crippen molar-refractivity contribution in [3.05, 3.63) is 120 Å². The Kier molecular flexibility index (Phi) is 15.8. The van der Waals surface area contributed by atoms with Gasteiger partial charge in [-0.1, -0.05) is 97.4 Å². The van der Waals surface area contributed by atoms with E-state index in [0.717, 1.165) is 24.8 Å². The summed E-state index contributed by atoms with van der Waals surface area (Å²) < 4.78 is 11.3. The number of aryl methyl sites for hydroxylation is 1. The summed E-state index contributed by atoms with van der Waals surface area (Å²) in [5.41, 5.74) is 3.47. The molecule has 11 heteroatoms. The fraction of sp³-hybridized carbons (Fsp3) is 0.405. The number of hydrogen-bond acceptors (Lipinski definition) is 8. The average molecular weight is 727 g/mol. The molecule has 0 spiro atoms. The smallest absolute Gasteiger partial charge is 0.328 e. The summed E-state index contributed by atoms with van der Waals surface area (Å²) >= 11 is 0. The van der Waals surface area contributed by atoms with Crippen molar-refractivity contribution in [3.8, 4) is 0 Å². The fourth-order valence-electron chi connectivity index (χ4n) is 7.29. The quantitative estimate of drug-likeness (QED) is 0.122. The van der Waals surface area contributed by atoms with Gasteiger partial charge in [-0.05, 0) is 75.0 Å². The molecule has 0 radical (unpaired) electrons. The van der Waals surface area contributed by atoms with E-state index < -0.39 is 30.1 Å². The lowest BCUT2D eigenvalue weighted by Crippen LogP contribution is -2.55. The van der Waals surface area contributed by atoms with Crippen LogP contribution >= 0.6 is 0 Å². The monoisotopic (exact) mass is 726 g/mol. The van der Waals surface area contributed by atoms with Crippen molar-refractivity contribution in [3.63, 3.8) is 0 Å². The Morgan fingerprint density at radius 3 is 1.92 bits per heavy atom. The number of nitrogens with zero attached hydrogens (tertiary/aromatic N) is 1. The van der Waals surface area contributed by atoms with Gasteiger partial charge < -0.3 is 24.6 Å². The lowest BCUT2D eigenvalue weighted by Gasteiger charge is -2.32. The first-order valence-corrected chi connectivity index (χ1v) is 18.3. The van der Waals surface area contributed by atoms with Crippen LogP contribution < -0.4 is 5.32 Å².